The van der Waals surface area contributed by atoms with Crippen LogP contribution in [0.15, 0.2) is 22.7 Å². The Kier molecular flexibility index (Phi) is 4.17. The van der Waals surface area contributed by atoms with Crippen LogP contribution in [0.1, 0.15) is 32.4 Å². The van der Waals surface area contributed by atoms with Crippen molar-refractivity contribution in [3.63, 3.8) is 0 Å². The van der Waals surface area contributed by atoms with Gasteiger partial charge in [0.05, 0.1) is 0 Å². The van der Waals surface area contributed by atoms with Crippen LogP contribution in [0.25, 0.3) is 0 Å². The predicted octanol–water partition coefficient (Wildman–Crippen LogP) is 3.31. The van der Waals surface area contributed by atoms with E-state index >= 15 is 0 Å². The van der Waals surface area contributed by atoms with Crippen LogP contribution in [0.3, 0.4) is 0 Å². The van der Waals surface area contributed by atoms with Gasteiger partial charge in [-0.3, -0.25) is 0 Å². The van der Waals surface area contributed by atoms with E-state index in [4.69, 9.17) is 5.73 Å². The first-order chi connectivity index (χ1) is 6.93. The van der Waals surface area contributed by atoms with Crippen LogP contribution in [0.2, 0.25) is 0 Å². The van der Waals surface area contributed by atoms with E-state index in [9.17, 15) is 0 Å². The molecule has 0 heterocycles. The van der Waals surface area contributed by atoms with Crippen molar-refractivity contribution in [1.82, 2.24) is 0 Å². The lowest BCUT2D eigenvalue weighted by molar-refractivity contribution is 0.752. The minimum absolute atomic E-state index is 0.0674. The summed E-state index contributed by atoms with van der Waals surface area (Å²) in [5.41, 5.74) is 8.22. The number of nitrogens with zero attached hydrogens (tertiary/aromatic N) is 1. The molecule has 84 valence electrons. The van der Waals surface area contributed by atoms with E-state index in [-0.39, 0.29) is 6.04 Å². The first-order valence-electron chi connectivity index (χ1n) is 5.21. The van der Waals surface area contributed by atoms with Crippen molar-refractivity contribution < 1.29 is 0 Å². The van der Waals surface area contributed by atoms with Gasteiger partial charge in [-0.1, -0.05) is 22.0 Å². The lowest BCUT2D eigenvalue weighted by Gasteiger charge is -2.24. The van der Waals surface area contributed by atoms with Gasteiger partial charge in [0.25, 0.3) is 0 Å². The maximum Gasteiger partial charge on any atom is 0.0377 e. The Morgan fingerprint density at radius 2 is 1.87 bits per heavy atom. The Hall–Kier alpha value is -0.540. The third kappa shape index (κ3) is 2.95. The van der Waals surface area contributed by atoms with E-state index in [1.165, 1.54) is 5.69 Å². The molecule has 0 aliphatic rings. The van der Waals surface area contributed by atoms with Crippen molar-refractivity contribution in [1.29, 1.82) is 0 Å². The standard InChI is InChI=1S/C12H19BrN2/c1-8(2)15(4)10-5-6-11(9(3)14)12(13)7-10/h5-9H,14H2,1-4H3. The lowest BCUT2D eigenvalue weighted by Crippen LogP contribution is -2.25. The van der Waals surface area contributed by atoms with E-state index in [1.54, 1.807) is 0 Å². The molecule has 0 bridgehead atoms. The summed E-state index contributed by atoms with van der Waals surface area (Å²) in [5, 5.41) is 0. The molecule has 0 fully saturated rings. The van der Waals surface area contributed by atoms with Gasteiger partial charge in [-0.2, -0.15) is 0 Å². The second-order valence-corrected chi connectivity index (χ2v) is 5.05. The number of benzene rings is 1. The molecule has 0 saturated carbocycles. The molecular weight excluding hydrogens is 252 g/mol. The van der Waals surface area contributed by atoms with E-state index < -0.39 is 0 Å². The second kappa shape index (κ2) is 4.99. The molecule has 0 amide bonds. The van der Waals surface area contributed by atoms with Gasteiger partial charge in [0, 0.05) is 29.3 Å². The fourth-order valence-electron chi connectivity index (χ4n) is 1.40. The lowest BCUT2D eigenvalue weighted by atomic mass is 10.1. The fourth-order valence-corrected chi connectivity index (χ4v) is 2.13. The minimum atomic E-state index is 0.0674. The molecular formula is C12H19BrN2. The van der Waals surface area contributed by atoms with Crippen molar-refractivity contribution in [2.24, 2.45) is 5.73 Å². The molecule has 2 nitrogen and oxygen atoms in total. The number of nitrogens with two attached hydrogens (primary N) is 1. The molecule has 3 heteroatoms. The zero-order valence-electron chi connectivity index (χ0n) is 9.79. The largest absolute Gasteiger partial charge is 0.372 e. The van der Waals surface area contributed by atoms with Crippen molar-refractivity contribution in [3.05, 3.63) is 28.2 Å². The Bertz CT molecular complexity index is 334. The molecule has 0 saturated heterocycles. The summed E-state index contributed by atoms with van der Waals surface area (Å²) in [6.45, 7) is 6.34. The van der Waals surface area contributed by atoms with E-state index in [2.05, 4.69) is 59.9 Å². The highest BCUT2D eigenvalue weighted by Crippen LogP contribution is 2.27. The smallest absolute Gasteiger partial charge is 0.0377 e. The molecule has 1 aromatic rings. The molecule has 0 aromatic heterocycles. The third-order valence-electron chi connectivity index (χ3n) is 2.66. The van der Waals surface area contributed by atoms with Crippen LogP contribution in [0, 0.1) is 0 Å². The van der Waals surface area contributed by atoms with Gasteiger partial charge in [-0.25, -0.2) is 0 Å². The molecule has 0 aliphatic carbocycles. The van der Waals surface area contributed by atoms with Gasteiger partial charge in [-0.15, -0.1) is 0 Å². The molecule has 1 unspecified atom stereocenters. The maximum absolute atomic E-state index is 5.86. The predicted molar refractivity (Wildman–Crippen MR) is 70.3 cm³/mol. The van der Waals surface area contributed by atoms with Gasteiger partial charge in [0.1, 0.15) is 0 Å². The Morgan fingerprint density at radius 3 is 2.27 bits per heavy atom. The van der Waals surface area contributed by atoms with Crippen LogP contribution >= 0.6 is 15.9 Å². The van der Waals surface area contributed by atoms with Crippen LogP contribution in [0.5, 0.6) is 0 Å². The quantitative estimate of drug-likeness (QED) is 0.913. The third-order valence-corrected chi connectivity index (χ3v) is 3.34. The fraction of sp³-hybridized carbons (Fsp3) is 0.500. The molecule has 0 radical (unpaired) electrons. The van der Waals surface area contributed by atoms with E-state index in [1.807, 2.05) is 6.92 Å². The maximum atomic E-state index is 5.86. The van der Waals surface area contributed by atoms with Crippen LogP contribution in [-0.4, -0.2) is 13.1 Å². The van der Waals surface area contributed by atoms with Crippen molar-refractivity contribution in [2.75, 3.05) is 11.9 Å². The van der Waals surface area contributed by atoms with Crippen molar-refractivity contribution in [2.45, 2.75) is 32.9 Å². The summed E-state index contributed by atoms with van der Waals surface area (Å²) in [6, 6.07) is 6.89. The highest BCUT2D eigenvalue weighted by Gasteiger charge is 2.09. The molecule has 1 rings (SSSR count). The number of anilines is 1. The molecule has 1 atom stereocenters. The number of hydrogen-bond donors (Lipinski definition) is 1. The average molecular weight is 271 g/mol. The zero-order chi connectivity index (χ0) is 11.6. The summed E-state index contributed by atoms with van der Waals surface area (Å²) >= 11 is 3.56. The first-order valence-corrected chi connectivity index (χ1v) is 6.00. The summed E-state index contributed by atoms with van der Waals surface area (Å²) in [4.78, 5) is 2.23. The average Bonchev–Trinajstić information content (AvgIpc) is 2.15. The molecule has 15 heavy (non-hydrogen) atoms. The Morgan fingerprint density at radius 1 is 1.27 bits per heavy atom. The Balaban J connectivity index is 3.01. The summed E-state index contributed by atoms with van der Waals surface area (Å²) < 4.78 is 1.09. The van der Waals surface area contributed by atoms with E-state index in [0.29, 0.717) is 6.04 Å². The van der Waals surface area contributed by atoms with Crippen LogP contribution < -0.4 is 10.6 Å². The summed E-state index contributed by atoms with van der Waals surface area (Å²) in [6.07, 6.45) is 0. The van der Waals surface area contributed by atoms with Crippen molar-refractivity contribution >= 4 is 21.6 Å². The van der Waals surface area contributed by atoms with Gasteiger partial charge in [0.2, 0.25) is 0 Å². The first kappa shape index (κ1) is 12.5. The van der Waals surface area contributed by atoms with Gasteiger partial charge in [0.15, 0.2) is 0 Å². The van der Waals surface area contributed by atoms with Crippen LogP contribution in [-0.2, 0) is 0 Å². The van der Waals surface area contributed by atoms with Gasteiger partial charge >= 0.3 is 0 Å². The SMILES string of the molecule is CC(N)c1ccc(N(C)C(C)C)cc1Br. The van der Waals surface area contributed by atoms with Gasteiger partial charge in [-0.05, 0) is 38.5 Å². The molecule has 0 aliphatic heterocycles. The Labute approximate surface area is 101 Å². The number of rotatable bonds is 3. The summed E-state index contributed by atoms with van der Waals surface area (Å²) in [7, 11) is 2.10. The highest BCUT2D eigenvalue weighted by molar-refractivity contribution is 9.10. The second-order valence-electron chi connectivity index (χ2n) is 4.20. The van der Waals surface area contributed by atoms with E-state index in [0.717, 1.165) is 10.0 Å². The normalized spacial score (nSPS) is 13.0. The minimum Gasteiger partial charge on any atom is -0.372 e. The topological polar surface area (TPSA) is 29.3 Å². The van der Waals surface area contributed by atoms with Crippen LogP contribution in [0.4, 0.5) is 5.69 Å². The number of hydrogen-bond acceptors (Lipinski definition) is 2. The number of halogens is 1. The highest BCUT2D eigenvalue weighted by atomic mass is 79.9. The van der Waals surface area contributed by atoms with Crippen molar-refractivity contribution in [3.8, 4) is 0 Å². The molecule has 0 spiro atoms. The molecule has 2 N–H and O–H groups in total. The monoisotopic (exact) mass is 270 g/mol. The van der Waals surface area contributed by atoms with Gasteiger partial charge < -0.3 is 10.6 Å². The molecule has 1 aromatic carbocycles. The zero-order valence-corrected chi connectivity index (χ0v) is 11.4. The summed E-state index contributed by atoms with van der Waals surface area (Å²) in [5.74, 6) is 0.